The zero-order chi connectivity index (χ0) is 11.5. The highest BCUT2D eigenvalue weighted by Crippen LogP contribution is 2.10. The number of carboxylic acids is 1. The van der Waals surface area contributed by atoms with E-state index in [2.05, 4.69) is 15.3 Å². The Kier molecular flexibility index (Phi) is 3.24. The van der Waals surface area contributed by atoms with Crippen LogP contribution in [0.4, 0.5) is 5.95 Å². The Labute approximate surface area is 88.6 Å². The van der Waals surface area contributed by atoms with Crippen LogP contribution in [0.15, 0.2) is 12.4 Å². The maximum atomic E-state index is 10.8. The van der Waals surface area contributed by atoms with Crippen molar-refractivity contribution in [1.29, 1.82) is 0 Å². The SMILES string of the molecule is CCc1cnc(NC(C)(C)C(=O)O)nc1. The zero-order valence-corrected chi connectivity index (χ0v) is 9.11. The second-order valence-electron chi connectivity index (χ2n) is 3.82. The first-order valence-corrected chi connectivity index (χ1v) is 4.78. The summed E-state index contributed by atoms with van der Waals surface area (Å²) in [6.07, 6.45) is 4.24. The molecule has 0 saturated heterocycles. The molecule has 1 aromatic rings. The normalized spacial score (nSPS) is 11.1. The minimum atomic E-state index is -1.06. The van der Waals surface area contributed by atoms with Gasteiger partial charge in [0.1, 0.15) is 5.54 Å². The van der Waals surface area contributed by atoms with Crippen LogP contribution >= 0.6 is 0 Å². The highest BCUT2D eigenvalue weighted by Gasteiger charge is 2.27. The lowest BCUT2D eigenvalue weighted by molar-refractivity contribution is -0.141. The van der Waals surface area contributed by atoms with Crippen LogP contribution < -0.4 is 5.32 Å². The van der Waals surface area contributed by atoms with Crippen LogP contribution in [-0.2, 0) is 11.2 Å². The molecular weight excluding hydrogens is 194 g/mol. The number of hydrogen-bond acceptors (Lipinski definition) is 4. The van der Waals surface area contributed by atoms with Gasteiger partial charge in [0, 0.05) is 12.4 Å². The molecule has 1 aromatic heterocycles. The number of aryl methyl sites for hydroxylation is 1. The largest absolute Gasteiger partial charge is 0.480 e. The molecule has 0 aromatic carbocycles. The summed E-state index contributed by atoms with van der Waals surface area (Å²) < 4.78 is 0. The lowest BCUT2D eigenvalue weighted by atomic mass is 10.1. The molecule has 2 N–H and O–H groups in total. The van der Waals surface area contributed by atoms with E-state index in [0.717, 1.165) is 12.0 Å². The first-order valence-electron chi connectivity index (χ1n) is 4.78. The van der Waals surface area contributed by atoms with Crippen molar-refractivity contribution in [2.24, 2.45) is 0 Å². The average Bonchev–Trinajstić information content (AvgIpc) is 2.18. The van der Waals surface area contributed by atoms with Crippen LogP contribution in [0.25, 0.3) is 0 Å². The number of aromatic nitrogens is 2. The molecule has 5 nitrogen and oxygen atoms in total. The van der Waals surface area contributed by atoms with Crippen molar-refractivity contribution in [3.63, 3.8) is 0 Å². The summed E-state index contributed by atoms with van der Waals surface area (Å²) in [5.41, 5.74) is -0.0398. The Morgan fingerprint density at radius 3 is 2.40 bits per heavy atom. The summed E-state index contributed by atoms with van der Waals surface area (Å²) in [6, 6.07) is 0. The summed E-state index contributed by atoms with van der Waals surface area (Å²) in [7, 11) is 0. The molecule has 1 rings (SSSR count). The fraction of sp³-hybridized carbons (Fsp3) is 0.500. The van der Waals surface area contributed by atoms with Gasteiger partial charge in [-0.2, -0.15) is 0 Å². The maximum absolute atomic E-state index is 10.8. The first kappa shape index (κ1) is 11.4. The molecule has 0 spiro atoms. The van der Waals surface area contributed by atoms with Gasteiger partial charge in [-0.25, -0.2) is 14.8 Å². The van der Waals surface area contributed by atoms with Gasteiger partial charge < -0.3 is 10.4 Å². The van der Waals surface area contributed by atoms with Crippen LogP contribution in [-0.4, -0.2) is 26.6 Å². The van der Waals surface area contributed by atoms with E-state index in [9.17, 15) is 4.79 Å². The molecule has 0 aliphatic rings. The van der Waals surface area contributed by atoms with E-state index in [1.807, 2.05) is 6.92 Å². The van der Waals surface area contributed by atoms with Crippen molar-refractivity contribution >= 4 is 11.9 Å². The Morgan fingerprint density at radius 2 is 2.00 bits per heavy atom. The number of carbonyl (C=O) groups is 1. The van der Waals surface area contributed by atoms with Crippen LogP contribution in [0.1, 0.15) is 26.3 Å². The number of carboxylic acid groups (broad SMARTS) is 1. The monoisotopic (exact) mass is 209 g/mol. The van der Waals surface area contributed by atoms with E-state index in [4.69, 9.17) is 5.11 Å². The van der Waals surface area contributed by atoms with Crippen molar-refractivity contribution in [3.05, 3.63) is 18.0 Å². The molecule has 82 valence electrons. The predicted molar refractivity (Wildman–Crippen MR) is 56.7 cm³/mol. The van der Waals surface area contributed by atoms with Crippen LogP contribution in [0.2, 0.25) is 0 Å². The van der Waals surface area contributed by atoms with Gasteiger partial charge in [0.05, 0.1) is 0 Å². The second-order valence-corrected chi connectivity index (χ2v) is 3.82. The average molecular weight is 209 g/mol. The summed E-state index contributed by atoms with van der Waals surface area (Å²) >= 11 is 0. The number of nitrogens with zero attached hydrogens (tertiary/aromatic N) is 2. The topological polar surface area (TPSA) is 75.1 Å². The summed E-state index contributed by atoms with van der Waals surface area (Å²) in [4.78, 5) is 18.9. The van der Waals surface area contributed by atoms with Crippen LogP contribution in [0, 0.1) is 0 Å². The fourth-order valence-electron chi connectivity index (χ4n) is 0.935. The number of rotatable bonds is 4. The van der Waals surface area contributed by atoms with Crippen molar-refractivity contribution in [2.75, 3.05) is 5.32 Å². The quantitative estimate of drug-likeness (QED) is 0.782. The predicted octanol–water partition coefficient (Wildman–Crippen LogP) is 1.31. The van der Waals surface area contributed by atoms with Crippen LogP contribution in [0.3, 0.4) is 0 Å². The molecule has 0 aliphatic heterocycles. The van der Waals surface area contributed by atoms with Gasteiger partial charge in [-0.1, -0.05) is 6.92 Å². The molecule has 0 unspecified atom stereocenters. The molecule has 5 heteroatoms. The van der Waals surface area contributed by atoms with E-state index < -0.39 is 11.5 Å². The molecule has 0 radical (unpaired) electrons. The van der Waals surface area contributed by atoms with Crippen molar-refractivity contribution in [2.45, 2.75) is 32.7 Å². The molecule has 0 atom stereocenters. The highest BCUT2D eigenvalue weighted by molar-refractivity contribution is 5.80. The Bertz CT molecular complexity index is 346. The van der Waals surface area contributed by atoms with Gasteiger partial charge >= 0.3 is 5.97 Å². The van der Waals surface area contributed by atoms with Gasteiger partial charge in [-0.15, -0.1) is 0 Å². The lowest BCUT2D eigenvalue weighted by Gasteiger charge is -2.20. The molecular formula is C10H15N3O2. The van der Waals surface area contributed by atoms with Gasteiger partial charge in [-0.3, -0.25) is 0 Å². The molecule has 1 heterocycles. The third kappa shape index (κ3) is 2.90. The third-order valence-electron chi connectivity index (χ3n) is 2.07. The van der Waals surface area contributed by atoms with E-state index >= 15 is 0 Å². The van der Waals surface area contributed by atoms with Gasteiger partial charge in [0.25, 0.3) is 0 Å². The lowest BCUT2D eigenvalue weighted by Crippen LogP contribution is -2.40. The van der Waals surface area contributed by atoms with Crippen molar-refractivity contribution in [1.82, 2.24) is 9.97 Å². The first-order chi connectivity index (χ1) is 6.95. The van der Waals surface area contributed by atoms with E-state index in [1.165, 1.54) is 0 Å². The standard InChI is InChI=1S/C10H15N3O2/c1-4-7-5-11-9(12-6-7)13-10(2,3)8(14)15/h5-6H,4H2,1-3H3,(H,14,15)(H,11,12,13). The Morgan fingerprint density at radius 1 is 1.47 bits per heavy atom. The smallest absolute Gasteiger partial charge is 0.328 e. The van der Waals surface area contributed by atoms with E-state index in [-0.39, 0.29) is 0 Å². The molecule has 15 heavy (non-hydrogen) atoms. The number of hydrogen-bond donors (Lipinski definition) is 2. The van der Waals surface area contributed by atoms with Gasteiger partial charge in [0.2, 0.25) is 5.95 Å². The van der Waals surface area contributed by atoms with Crippen molar-refractivity contribution in [3.8, 4) is 0 Å². The molecule has 0 bridgehead atoms. The van der Waals surface area contributed by atoms with Crippen molar-refractivity contribution < 1.29 is 9.90 Å². The van der Waals surface area contributed by atoms with Gasteiger partial charge in [-0.05, 0) is 25.8 Å². The molecule has 0 fully saturated rings. The van der Waals surface area contributed by atoms with Gasteiger partial charge in [0.15, 0.2) is 0 Å². The fourth-order valence-corrected chi connectivity index (χ4v) is 0.935. The minimum Gasteiger partial charge on any atom is -0.480 e. The summed E-state index contributed by atoms with van der Waals surface area (Å²) in [6.45, 7) is 5.13. The number of anilines is 1. The van der Waals surface area contributed by atoms with Crippen LogP contribution in [0.5, 0.6) is 0 Å². The summed E-state index contributed by atoms with van der Waals surface area (Å²) in [5.74, 6) is -0.606. The summed E-state index contributed by atoms with van der Waals surface area (Å²) in [5, 5.41) is 11.6. The Balaban J connectivity index is 2.77. The minimum absolute atomic E-state index is 0.333. The molecule has 0 saturated carbocycles. The third-order valence-corrected chi connectivity index (χ3v) is 2.07. The highest BCUT2D eigenvalue weighted by atomic mass is 16.4. The maximum Gasteiger partial charge on any atom is 0.328 e. The molecule has 0 aliphatic carbocycles. The number of nitrogens with one attached hydrogen (secondary N) is 1. The zero-order valence-electron chi connectivity index (χ0n) is 9.11. The van der Waals surface area contributed by atoms with E-state index in [1.54, 1.807) is 26.2 Å². The Hall–Kier alpha value is -1.65. The number of aliphatic carboxylic acids is 1. The van der Waals surface area contributed by atoms with E-state index in [0.29, 0.717) is 5.95 Å². The second kappa shape index (κ2) is 4.25. The molecule has 0 amide bonds.